The monoisotopic (exact) mass is 233 g/mol. The first-order valence-corrected chi connectivity index (χ1v) is 6.08. The Kier molecular flexibility index (Phi) is 3.69. The molecular formula is C14H19NO2. The topological polar surface area (TPSA) is 38.3 Å². The van der Waals surface area contributed by atoms with Crippen molar-refractivity contribution in [3.8, 4) is 0 Å². The van der Waals surface area contributed by atoms with Gasteiger partial charge in [-0.3, -0.25) is 0 Å². The van der Waals surface area contributed by atoms with Crippen LogP contribution >= 0.6 is 0 Å². The lowest BCUT2D eigenvalue weighted by atomic mass is 10.2. The predicted molar refractivity (Wildman–Crippen MR) is 66.9 cm³/mol. The van der Waals surface area contributed by atoms with Crippen molar-refractivity contribution in [3.63, 3.8) is 0 Å². The van der Waals surface area contributed by atoms with E-state index in [0.29, 0.717) is 6.04 Å². The van der Waals surface area contributed by atoms with Crippen LogP contribution < -0.4 is 0 Å². The molecule has 0 fully saturated rings. The summed E-state index contributed by atoms with van der Waals surface area (Å²) in [5.74, 6) is 0.956. The molecule has 0 saturated carbocycles. The van der Waals surface area contributed by atoms with Crippen molar-refractivity contribution in [2.75, 3.05) is 0 Å². The van der Waals surface area contributed by atoms with Gasteiger partial charge in [-0.05, 0) is 37.6 Å². The molecule has 0 aliphatic carbocycles. The maximum Gasteiger partial charge on any atom is 0.109 e. The molecule has 0 spiro atoms. The van der Waals surface area contributed by atoms with Crippen molar-refractivity contribution in [1.82, 2.24) is 4.57 Å². The van der Waals surface area contributed by atoms with Crippen molar-refractivity contribution < 1.29 is 9.52 Å². The van der Waals surface area contributed by atoms with Crippen molar-refractivity contribution in [2.24, 2.45) is 0 Å². The molecule has 0 bridgehead atoms. The van der Waals surface area contributed by atoms with Crippen LogP contribution in [-0.2, 0) is 13.0 Å². The number of furan rings is 1. The van der Waals surface area contributed by atoms with E-state index in [1.807, 2.05) is 18.2 Å². The molecule has 2 heterocycles. The molecule has 2 aromatic heterocycles. The Balaban J connectivity index is 2.30. The molecule has 1 atom stereocenters. The van der Waals surface area contributed by atoms with Gasteiger partial charge in [0.1, 0.15) is 5.76 Å². The summed E-state index contributed by atoms with van der Waals surface area (Å²) >= 11 is 0. The summed E-state index contributed by atoms with van der Waals surface area (Å²) in [5, 5.41) is 9.36. The van der Waals surface area contributed by atoms with E-state index in [1.165, 1.54) is 5.69 Å². The van der Waals surface area contributed by atoms with E-state index in [4.69, 9.17) is 4.42 Å². The van der Waals surface area contributed by atoms with E-state index in [9.17, 15) is 5.11 Å². The van der Waals surface area contributed by atoms with E-state index in [2.05, 4.69) is 24.5 Å². The molecule has 0 saturated heterocycles. The van der Waals surface area contributed by atoms with Gasteiger partial charge in [0.15, 0.2) is 0 Å². The van der Waals surface area contributed by atoms with E-state index >= 15 is 0 Å². The van der Waals surface area contributed by atoms with Gasteiger partial charge in [-0.2, -0.15) is 0 Å². The fourth-order valence-electron chi connectivity index (χ4n) is 2.15. The SMILES string of the molecule is CC[C@H](C)n1c(CO)ccc1Cc1ccco1. The van der Waals surface area contributed by atoms with E-state index < -0.39 is 0 Å². The Labute approximate surface area is 102 Å². The molecule has 92 valence electrons. The molecule has 3 nitrogen and oxygen atoms in total. The van der Waals surface area contributed by atoms with Gasteiger partial charge in [-0.25, -0.2) is 0 Å². The van der Waals surface area contributed by atoms with E-state index in [-0.39, 0.29) is 6.61 Å². The Morgan fingerprint density at radius 3 is 2.65 bits per heavy atom. The molecule has 3 heteroatoms. The Bertz CT molecular complexity index is 457. The van der Waals surface area contributed by atoms with Gasteiger partial charge in [0.05, 0.1) is 12.9 Å². The van der Waals surface area contributed by atoms with Crippen molar-refractivity contribution in [3.05, 3.63) is 47.7 Å². The number of aromatic nitrogens is 1. The van der Waals surface area contributed by atoms with Crippen LogP contribution in [0.4, 0.5) is 0 Å². The predicted octanol–water partition coefficient (Wildman–Crippen LogP) is 3.14. The van der Waals surface area contributed by atoms with Crippen LogP contribution in [0, 0.1) is 0 Å². The number of aliphatic hydroxyl groups is 1. The van der Waals surface area contributed by atoms with Crippen molar-refractivity contribution >= 4 is 0 Å². The lowest BCUT2D eigenvalue weighted by Crippen LogP contribution is -2.11. The lowest BCUT2D eigenvalue weighted by Gasteiger charge is -2.18. The average Bonchev–Trinajstić information content (AvgIpc) is 2.98. The zero-order chi connectivity index (χ0) is 12.3. The van der Waals surface area contributed by atoms with Gasteiger partial charge in [0.25, 0.3) is 0 Å². The summed E-state index contributed by atoms with van der Waals surface area (Å²) in [6, 6.07) is 8.34. The normalized spacial score (nSPS) is 12.9. The largest absolute Gasteiger partial charge is 0.469 e. The minimum Gasteiger partial charge on any atom is -0.469 e. The number of hydrogen-bond acceptors (Lipinski definition) is 2. The number of nitrogens with zero attached hydrogens (tertiary/aromatic N) is 1. The van der Waals surface area contributed by atoms with Crippen LogP contribution in [-0.4, -0.2) is 9.67 Å². The first kappa shape index (κ1) is 12.0. The maximum atomic E-state index is 9.36. The van der Waals surface area contributed by atoms with Gasteiger partial charge in [-0.15, -0.1) is 0 Å². The van der Waals surface area contributed by atoms with Crippen LogP contribution in [0.3, 0.4) is 0 Å². The molecule has 0 aliphatic heterocycles. The second-order valence-corrected chi connectivity index (χ2v) is 4.36. The highest BCUT2D eigenvalue weighted by Gasteiger charge is 2.13. The highest BCUT2D eigenvalue weighted by atomic mass is 16.3. The summed E-state index contributed by atoms with van der Waals surface area (Å²) in [5.41, 5.74) is 2.17. The third-order valence-corrected chi connectivity index (χ3v) is 3.22. The summed E-state index contributed by atoms with van der Waals surface area (Å²) in [7, 11) is 0. The maximum absolute atomic E-state index is 9.36. The summed E-state index contributed by atoms with van der Waals surface area (Å²) in [4.78, 5) is 0. The zero-order valence-corrected chi connectivity index (χ0v) is 10.4. The molecule has 0 unspecified atom stereocenters. The highest BCUT2D eigenvalue weighted by Crippen LogP contribution is 2.21. The van der Waals surface area contributed by atoms with Gasteiger partial charge in [-0.1, -0.05) is 6.92 Å². The molecule has 0 amide bonds. The molecule has 0 aromatic carbocycles. The number of hydrogen-bond donors (Lipinski definition) is 1. The molecular weight excluding hydrogens is 214 g/mol. The standard InChI is InChI=1S/C14H19NO2/c1-3-11(2)15-12(6-7-13(15)10-16)9-14-5-4-8-17-14/h4-8,11,16H,3,9-10H2,1-2H3/t11-/m0/s1. The van der Waals surface area contributed by atoms with E-state index in [0.717, 1.165) is 24.3 Å². The molecule has 0 radical (unpaired) electrons. The molecule has 17 heavy (non-hydrogen) atoms. The average molecular weight is 233 g/mol. The number of rotatable bonds is 5. The minimum atomic E-state index is 0.0858. The third kappa shape index (κ3) is 2.44. The van der Waals surface area contributed by atoms with Gasteiger partial charge < -0.3 is 14.1 Å². The third-order valence-electron chi connectivity index (χ3n) is 3.22. The Morgan fingerprint density at radius 1 is 1.29 bits per heavy atom. The molecule has 1 N–H and O–H groups in total. The summed E-state index contributed by atoms with van der Waals surface area (Å²) in [6.45, 7) is 4.41. The molecule has 2 aromatic rings. The van der Waals surface area contributed by atoms with Crippen LogP contribution in [0.1, 0.15) is 43.5 Å². The first-order chi connectivity index (χ1) is 8.26. The van der Waals surface area contributed by atoms with E-state index in [1.54, 1.807) is 6.26 Å². The Hall–Kier alpha value is -1.48. The van der Waals surface area contributed by atoms with Gasteiger partial charge in [0, 0.05) is 23.9 Å². The Morgan fingerprint density at radius 2 is 2.06 bits per heavy atom. The van der Waals surface area contributed by atoms with Crippen LogP contribution in [0.5, 0.6) is 0 Å². The van der Waals surface area contributed by atoms with Crippen molar-refractivity contribution in [1.29, 1.82) is 0 Å². The zero-order valence-electron chi connectivity index (χ0n) is 10.4. The first-order valence-electron chi connectivity index (χ1n) is 6.08. The molecule has 0 aliphatic rings. The fourth-order valence-corrected chi connectivity index (χ4v) is 2.15. The smallest absolute Gasteiger partial charge is 0.109 e. The minimum absolute atomic E-state index is 0.0858. The van der Waals surface area contributed by atoms with Crippen LogP contribution in [0.25, 0.3) is 0 Å². The van der Waals surface area contributed by atoms with Crippen LogP contribution in [0.15, 0.2) is 34.9 Å². The summed E-state index contributed by atoms with van der Waals surface area (Å²) in [6.07, 6.45) is 3.52. The quantitative estimate of drug-likeness (QED) is 0.861. The fraction of sp³-hybridized carbons (Fsp3) is 0.429. The van der Waals surface area contributed by atoms with Gasteiger partial charge >= 0.3 is 0 Å². The second-order valence-electron chi connectivity index (χ2n) is 4.36. The van der Waals surface area contributed by atoms with Crippen LogP contribution in [0.2, 0.25) is 0 Å². The number of aliphatic hydroxyl groups excluding tert-OH is 1. The second kappa shape index (κ2) is 5.23. The molecule has 2 rings (SSSR count). The van der Waals surface area contributed by atoms with Gasteiger partial charge in [0.2, 0.25) is 0 Å². The lowest BCUT2D eigenvalue weighted by molar-refractivity contribution is 0.265. The van der Waals surface area contributed by atoms with Crippen molar-refractivity contribution in [2.45, 2.75) is 39.3 Å². The summed E-state index contributed by atoms with van der Waals surface area (Å²) < 4.78 is 7.58. The highest BCUT2D eigenvalue weighted by molar-refractivity contribution is 5.21.